The Morgan fingerprint density at radius 2 is 1.81 bits per heavy atom. The van der Waals surface area contributed by atoms with Gasteiger partial charge >= 0.3 is 6.36 Å². The highest BCUT2D eigenvalue weighted by molar-refractivity contribution is 6.00. The van der Waals surface area contributed by atoms with E-state index in [1.165, 1.54) is 30.6 Å². The molecule has 0 spiro atoms. The van der Waals surface area contributed by atoms with E-state index in [9.17, 15) is 18.0 Å². The molecule has 1 saturated heterocycles. The molecule has 4 aromatic rings. The molecule has 1 aliphatic rings. The molecule has 1 aliphatic heterocycles. The van der Waals surface area contributed by atoms with Gasteiger partial charge in [0.15, 0.2) is 0 Å². The number of rotatable bonds is 6. The SMILES string of the molecule is O=C(c1ccc2c(Nc3ccc(OC(F)(F)F)cc3)ncnc2c1)N1CCN(Cc2ccoc2)CC1. The second kappa shape index (κ2) is 9.86. The van der Waals surface area contributed by atoms with Crippen LogP contribution in [0.3, 0.4) is 0 Å². The number of nitrogens with zero attached hydrogens (tertiary/aromatic N) is 4. The van der Waals surface area contributed by atoms with Gasteiger partial charge in [-0.3, -0.25) is 9.69 Å². The van der Waals surface area contributed by atoms with Crippen molar-refractivity contribution in [2.45, 2.75) is 12.9 Å². The molecule has 2 aromatic carbocycles. The molecule has 1 N–H and O–H groups in total. The Morgan fingerprint density at radius 1 is 1.03 bits per heavy atom. The zero-order valence-electron chi connectivity index (χ0n) is 19.0. The molecule has 186 valence electrons. The molecule has 5 rings (SSSR count). The number of halogens is 3. The first-order valence-corrected chi connectivity index (χ1v) is 11.2. The molecule has 0 atom stereocenters. The number of fused-ring (bicyclic) bond motifs is 1. The van der Waals surface area contributed by atoms with Crippen LogP contribution in [-0.4, -0.2) is 58.2 Å². The smallest absolute Gasteiger partial charge is 0.472 e. The molecule has 36 heavy (non-hydrogen) atoms. The van der Waals surface area contributed by atoms with Gasteiger partial charge in [0.1, 0.15) is 17.9 Å². The van der Waals surface area contributed by atoms with Crippen molar-refractivity contribution in [2.75, 3.05) is 31.5 Å². The molecule has 0 bridgehead atoms. The van der Waals surface area contributed by atoms with E-state index in [2.05, 4.69) is 24.9 Å². The fourth-order valence-electron chi connectivity index (χ4n) is 4.10. The normalized spacial score (nSPS) is 14.7. The first-order chi connectivity index (χ1) is 17.3. The number of carbonyl (C=O) groups is 1. The Labute approximate surface area is 204 Å². The van der Waals surface area contributed by atoms with E-state index in [1.54, 1.807) is 30.7 Å². The summed E-state index contributed by atoms with van der Waals surface area (Å²) in [5.74, 6) is 0.0932. The van der Waals surface area contributed by atoms with Crippen molar-refractivity contribution in [3.05, 3.63) is 78.5 Å². The minimum atomic E-state index is -4.75. The molecule has 0 radical (unpaired) electrons. The molecular weight excluding hydrogens is 475 g/mol. The lowest BCUT2D eigenvalue weighted by Gasteiger charge is -2.34. The fraction of sp³-hybridized carbons (Fsp3) is 0.240. The van der Waals surface area contributed by atoms with Gasteiger partial charge in [0.25, 0.3) is 5.91 Å². The van der Waals surface area contributed by atoms with Gasteiger partial charge in [-0.1, -0.05) is 0 Å². The Kier molecular flexibility index (Phi) is 6.47. The molecule has 0 saturated carbocycles. The van der Waals surface area contributed by atoms with E-state index in [0.717, 1.165) is 25.2 Å². The van der Waals surface area contributed by atoms with Crippen molar-refractivity contribution in [2.24, 2.45) is 0 Å². The predicted octanol–water partition coefficient (Wildman–Crippen LogP) is 4.82. The molecule has 8 nitrogen and oxygen atoms in total. The number of hydrogen-bond donors (Lipinski definition) is 1. The van der Waals surface area contributed by atoms with E-state index in [-0.39, 0.29) is 11.7 Å². The summed E-state index contributed by atoms with van der Waals surface area (Å²) in [7, 11) is 0. The van der Waals surface area contributed by atoms with E-state index < -0.39 is 6.36 Å². The minimum Gasteiger partial charge on any atom is -0.472 e. The number of hydrogen-bond acceptors (Lipinski definition) is 7. The van der Waals surface area contributed by atoms with Crippen LogP contribution in [0.5, 0.6) is 5.75 Å². The lowest BCUT2D eigenvalue weighted by atomic mass is 10.1. The third-order valence-electron chi connectivity index (χ3n) is 5.88. The second-order valence-electron chi connectivity index (χ2n) is 8.35. The highest BCUT2D eigenvalue weighted by atomic mass is 19.4. The van der Waals surface area contributed by atoms with Gasteiger partial charge in [0.05, 0.1) is 18.0 Å². The lowest BCUT2D eigenvalue weighted by Crippen LogP contribution is -2.48. The molecule has 2 aromatic heterocycles. The quantitative estimate of drug-likeness (QED) is 0.409. The van der Waals surface area contributed by atoms with Crippen LogP contribution in [0.4, 0.5) is 24.7 Å². The summed E-state index contributed by atoms with van der Waals surface area (Å²) in [6.07, 6.45) is 0.00698. The van der Waals surface area contributed by atoms with Crippen molar-refractivity contribution in [3.63, 3.8) is 0 Å². The number of piperazine rings is 1. The highest BCUT2D eigenvalue weighted by Gasteiger charge is 2.31. The average Bonchev–Trinajstić information content (AvgIpc) is 3.37. The van der Waals surface area contributed by atoms with Gasteiger partial charge in [-0.15, -0.1) is 13.2 Å². The van der Waals surface area contributed by atoms with Gasteiger partial charge in [0, 0.05) is 54.9 Å². The summed E-state index contributed by atoms with van der Waals surface area (Å²) < 4.78 is 46.1. The van der Waals surface area contributed by atoms with Crippen LogP contribution in [0, 0.1) is 0 Å². The van der Waals surface area contributed by atoms with Gasteiger partial charge in [0.2, 0.25) is 0 Å². The number of benzene rings is 2. The van der Waals surface area contributed by atoms with Gasteiger partial charge in [-0.25, -0.2) is 9.97 Å². The standard InChI is InChI=1S/C25H22F3N5O3/c26-25(27,28)36-20-4-2-19(3-5-20)31-23-21-6-1-18(13-22(21)29-16-30-23)24(34)33-10-8-32(9-11-33)14-17-7-12-35-15-17/h1-7,12-13,15-16H,8-11,14H2,(H,29,30,31). The van der Waals surface area contributed by atoms with Crippen molar-refractivity contribution in [1.82, 2.24) is 19.8 Å². The molecule has 0 aliphatic carbocycles. The summed E-state index contributed by atoms with van der Waals surface area (Å²) in [4.78, 5) is 25.8. The maximum absolute atomic E-state index is 13.1. The summed E-state index contributed by atoms with van der Waals surface area (Å²) in [5, 5.41) is 3.75. The zero-order chi connectivity index (χ0) is 25.1. The third kappa shape index (κ3) is 5.57. The first-order valence-electron chi connectivity index (χ1n) is 11.2. The number of amides is 1. The Bertz CT molecular complexity index is 1340. The fourth-order valence-corrected chi connectivity index (χ4v) is 4.10. The monoisotopic (exact) mass is 497 g/mol. The summed E-state index contributed by atoms with van der Waals surface area (Å²) in [5.41, 5.74) is 2.75. The van der Waals surface area contributed by atoms with Crippen LogP contribution in [0.2, 0.25) is 0 Å². The van der Waals surface area contributed by atoms with Crippen molar-refractivity contribution in [1.29, 1.82) is 0 Å². The van der Waals surface area contributed by atoms with Gasteiger partial charge in [-0.05, 0) is 48.5 Å². The summed E-state index contributed by atoms with van der Waals surface area (Å²) >= 11 is 0. The van der Waals surface area contributed by atoms with E-state index in [0.29, 0.717) is 41.1 Å². The maximum Gasteiger partial charge on any atom is 0.573 e. The lowest BCUT2D eigenvalue weighted by molar-refractivity contribution is -0.274. The zero-order valence-corrected chi connectivity index (χ0v) is 19.0. The third-order valence-corrected chi connectivity index (χ3v) is 5.88. The predicted molar refractivity (Wildman–Crippen MR) is 126 cm³/mol. The van der Waals surface area contributed by atoms with Gasteiger partial charge < -0.3 is 19.4 Å². The maximum atomic E-state index is 13.1. The minimum absolute atomic E-state index is 0.0618. The van der Waals surface area contributed by atoms with Crippen LogP contribution >= 0.6 is 0 Å². The number of carbonyl (C=O) groups excluding carboxylic acids is 1. The molecular formula is C25H22F3N5O3. The molecule has 0 unspecified atom stereocenters. The average molecular weight is 497 g/mol. The molecule has 1 amide bonds. The molecule has 3 heterocycles. The van der Waals surface area contributed by atoms with E-state index in [1.807, 2.05) is 11.0 Å². The number of furan rings is 1. The number of anilines is 2. The van der Waals surface area contributed by atoms with Crippen molar-refractivity contribution in [3.8, 4) is 5.75 Å². The largest absolute Gasteiger partial charge is 0.573 e. The summed E-state index contributed by atoms with van der Waals surface area (Å²) in [6.45, 7) is 3.58. The Balaban J connectivity index is 1.25. The van der Waals surface area contributed by atoms with E-state index in [4.69, 9.17) is 4.42 Å². The number of alkyl halides is 3. The van der Waals surface area contributed by atoms with E-state index >= 15 is 0 Å². The van der Waals surface area contributed by atoms with Crippen molar-refractivity contribution < 1.29 is 27.1 Å². The molecule has 1 fully saturated rings. The summed E-state index contributed by atoms with van der Waals surface area (Å²) in [6, 6.07) is 12.5. The van der Waals surface area contributed by atoms with Crippen LogP contribution in [0.1, 0.15) is 15.9 Å². The Morgan fingerprint density at radius 3 is 2.50 bits per heavy atom. The van der Waals surface area contributed by atoms with Crippen LogP contribution in [0.25, 0.3) is 10.9 Å². The first kappa shape index (κ1) is 23.6. The topological polar surface area (TPSA) is 83.7 Å². The second-order valence-corrected chi connectivity index (χ2v) is 8.35. The van der Waals surface area contributed by atoms with Crippen molar-refractivity contribution >= 4 is 28.3 Å². The molecule has 11 heteroatoms. The number of ether oxygens (including phenoxy) is 1. The van der Waals surface area contributed by atoms with Crippen LogP contribution < -0.4 is 10.1 Å². The number of nitrogens with one attached hydrogen (secondary N) is 1. The highest BCUT2D eigenvalue weighted by Crippen LogP contribution is 2.27. The van der Waals surface area contributed by atoms with Gasteiger partial charge in [-0.2, -0.15) is 0 Å². The van der Waals surface area contributed by atoms with Crippen LogP contribution in [-0.2, 0) is 6.54 Å². The number of aromatic nitrogens is 2. The van der Waals surface area contributed by atoms with Crippen LogP contribution in [0.15, 0.2) is 71.8 Å². The Hall–Kier alpha value is -4.12.